The van der Waals surface area contributed by atoms with Gasteiger partial charge in [-0.05, 0) is 26.2 Å². The largest absolute Gasteiger partial charge is 0.216 e. The Balaban J connectivity index is 2.52. The number of rotatable bonds is 4. The zero-order valence-electron chi connectivity index (χ0n) is 8.82. The van der Waals surface area contributed by atoms with Crippen molar-refractivity contribution in [3.05, 3.63) is 0 Å². The second-order valence-corrected chi connectivity index (χ2v) is 6.89. The van der Waals surface area contributed by atoms with Gasteiger partial charge in [-0.3, -0.25) is 0 Å². The van der Waals surface area contributed by atoms with E-state index >= 15 is 0 Å². The summed E-state index contributed by atoms with van der Waals surface area (Å²) in [4.78, 5) is 0. The van der Waals surface area contributed by atoms with Gasteiger partial charge in [0.1, 0.15) is 0 Å². The first-order valence-corrected chi connectivity index (χ1v) is 6.36. The van der Waals surface area contributed by atoms with Crippen LogP contribution in [0.3, 0.4) is 0 Å². The van der Waals surface area contributed by atoms with Crippen molar-refractivity contribution >= 4 is 10.0 Å². The highest BCUT2D eigenvalue weighted by atomic mass is 32.2. The van der Waals surface area contributed by atoms with Gasteiger partial charge in [0.05, 0.1) is 5.25 Å². The first-order valence-electron chi connectivity index (χ1n) is 4.86. The Bertz CT molecular complexity index is 269. The van der Waals surface area contributed by atoms with Crippen molar-refractivity contribution in [2.24, 2.45) is 5.92 Å². The van der Waals surface area contributed by atoms with E-state index in [-0.39, 0.29) is 11.3 Å². The summed E-state index contributed by atoms with van der Waals surface area (Å²) >= 11 is 0. The van der Waals surface area contributed by atoms with E-state index < -0.39 is 10.0 Å². The molecule has 4 heteroatoms. The van der Waals surface area contributed by atoms with Crippen LogP contribution in [0.4, 0.5) is 0 Å². The molecule has 0 saturated carbocycles. The number of hydrogen-bond acceptors (Lipinski definition) is 2. The summed E-state index contributed by atoms with van der Waals surface area (Å²) in [5.74, 6) is 0.581. The SMILES string of the molecule is CC(C)C[C@H]1CN1S(=O)(=O)C(C)C. The van der Waals surface area contributed by atoms with Crippen molar-refractivity contribution in [2.45, 2.75) is 45.4 Å². The van der Waals surface area contributed by atoms with Crippen LogP contribution in [-0.2, 0) is 10.0 Å². The molecule has 0 aliphatic carbocycles. The lowest BCUT2D eigenvalue weighted by atomic mass is 10.1. The molecule has 3 nitrogen and oxygen atoms in total. The van der Waals surface area contributed by atoms with Gasteiger partial charge >= 0.3 is 0 Å². The van der Waals surface area contributed by atoms with Crippen LogP contribution in [-0.4, -0.2) is 30.6 Å². The maximum Gasteiger partial charge on any atom is 0.216 e. The monoisotopic (exact) mass is 205 g/mol. The molecule has 1 rings (SSSR count). The number of sulfonamides is 1. The van der Waals surface area contributed by atoms with Crippen molar-refractivity contribution in [2.75, 3.05) is 6.54 Å². The third-order valence-corrected chi connectivity index (χ3v) is 4.62. The molecule has 0 aromatic rings. The lowest BCUT2D eigenvalue weighted by molar-refractivity contribution is 0.510. The quantitative estimate of drug-likeness (QED) is 0.651. The molecule has 0 aromatic carbocycles. The van der Waals surface area contributed by atoms with Gasteiger partial charge in [-0.2, -0.15) is 4.31 Å². The molecule has 0 N–H and O–H groups in total. The molecule has 2 atom stereocenters. The second kappa shape index (κ2) is 3.58. The lowest BCUT2D eigenvalue weighted by Crippen LogP contribution is -2.24. The van der Waals surface area contributed by atoms with E-state index in [9.17, 15) is 8.42 Å². The molecule has 1 heterocycles. The maximum atomic E-state index is 11.6. The summed E-state index contributed by atoms with van der Waals surface area (Å²) in [6.07, 6.45) is 0.992. The van der Waals surface area contributed by atoms with Crippen molar-refractivity contribution in [3.8, 4) is 0 Å². The Morgan fingerprint density at radius 1 is 1.31 bits per heavy atom. The molecule has 1 aliphatic rings. The zero-order valence-corrected chi connectivity index (χ0v) is 9.63. The molecular formula is C9H19NO2S. The summed E-state index contributed by atoms with van der Waals surface area (Å²) in [6, 6.07) is 0.285. The van der Waals surface area contributed by atoms with Gasteiger partial charge < -0.3 is 0 Å². The van der Waals surface area contributed by atoms with Crippen LogP contribution in [0.15, 0.2) is 0 Å². The standard InChI is InChI=1S/C9H19NO2S/c1-7(2)5-9-6-10(9)13(11,12)8(3)4/h7-9H,5-6H2,1-4H3/t9-,10?/m0/s1. The zero-order chi connectivity index (χ0) is 10.2. The summed E-state index contributed by atoms with van der Waals surface area (Å²) in [5.41, 5.74) is 0. The van der Waals surface area contributed by atoms with E-state index in [0.29, 0.717) is 5.92 Å². The molecule has 0 bridgehead atoms. The summed E-state index contributed by atoms with van der Waals surface area (Å²) in [5, 5.41) is -0.273. The van der Waals surface area contributed by atoms with Crippen molar-refractivity contribution in [1.82, 2.24) is 4.31 Å². The molecule has 0 spiro atoms. The highest BCUT2D eigenvalue weighted by Gasteiger charge is 2.44. The smallest absolute Gasteiger partial charge is 0.212 e. The Hall–Kier alpha value is -0.0900. The fourth-order valence-corrected chi connectivity index (χ4v) is 2.90. The van der Waals surface area contributed by atoms with Gasteiger partial charge in [0.15, 0.2) is 0 Å². The predicted molar refractivity (Wildman–Crippen MR) is 54.0 cm³/mol. The highest BCUT2D eigenvalue weighted by molar-refractivity contribution is 7.89. The molecule has 1 aliphatic heterocycles. The third-order valence-electron chi connectivity index (χ3n) is 2.33. The van der Waals surface area contributed by atoms with Gasteiger partial charge in [-0.25, -0.2) is 8.42 Å². The van der Waals surface area contributed by atoms with Gasteiger partial charge in [0.25, 0.3) is 0 Å². The topological polar surface area (TPSA) is 37.1 Å². The van der Waals surface area contributed by atoms with Crippen LogP contribution in [0.2, 0.25) is 0 Å². The van der Waals surface area contributed by atoms with Gasteiger partial charge in [-0.15, -0.1) is 0 Å². The Morgan fingerprint density at radius 3 is 2.23 bits per heavy atom. The van der Waals surface area contributed by atoms with Crippen LogP contribution in [0.5, 0.6) is 0 Å². The van der Waals surface area contributed by atoms with Gasteiger partial charge in [0.2, 0.25) is 10.0 Å². The Kier molecular flexibility index (Phi) is 3.02. The fraction of sp³-hybridized carbons (Fsp3) is 1.00. The van der Waals surface area contributed by atoms with E-state index in [1.54, 1.807) is 18.2 Å². The van der Waals surface area contributed by atoms with Gasteiger partial charge in [-0.1, -0.05) is 13.8 Å². The van der Waals surface area contributed by atoms with Crippen LogP contribution in [0.25, 0.3) is 0 Å². The molecule has 1 saturated heterocycles. The van der Waals surface area contributed by atoms with Gasteiger partial charge in [0, 0.05) is 12.6 Å². The summed E-state index contributed by atoms with van der Waals surface area (Å²) in [6.45, 7) is 8.45. The molecule has 78 valence electrons. The summed E-state index contributed by atoms with van der Waals surface area (Å²) in [7, 11) is -2.97. The predicted octanol–water partition coefficient (Wildman–Crippen LogP) is 1.45. The van der Waals surface area contributed by atoms with Crippen molar-refractivity contribution < 1.29 is 8.42 Å². The minimum Gasteiger partial charge on any atom is -0.212 e. The molecule has 1 fully saturated rings. The molecule has 0 aromatic heterocycles. The fourth-order valence-electron chi connectivity index (χ4n) is 1.48. The summed E-state index contributed by atoms with van der Waals surface area (Å²) < 4.78 is 24.8. The average molecular weight is 205 g/mol. The molecule has 0 radical (unpaired) electrons. The van der Waals surface area contributed by atoms with E-state index in [0.717, 1.165) is 13.0 Å². The normalized spacial score (nSPS) is 28.5. The number of nitrogens with zero attached hydrogens (tertiary/aromatic N) is 1. The van der Waals surface area contributed by atoms with Crippen LogP contribution in [0.1, 0.15) is 34.1 Å². The van der Waals surface area contributed by atoms with Crippen molar-refractivity contribution in [1.29, 1.82) is 0 Å². The van der Waals surface area contributed by atoms with E-state index in [4.69, 9.17) is 0 Å². The molecule has 13 heavy (non-hydrogen) atoms. The van der Waals surface area contributed by atoms with Crippen molar-refractivity contribution in [3.63, 3.8) is 0 Å². The minimum atomic E-state index is -2.97. The van der Waals surface area contributed by atoms with E-state index in [1.807, 2.05) is 0 Å². The average Bonchev–Trinajstić information content (AvgIpc) is 2.65. The lowest BCUT2D eigenvalue weighted by Gasteiger charge is -2.09. The van der Waals surface area contributed by atoms with Crippen LogP contribution >= 0.6 is 0 Å². The third kappa shape index (κ3) is 2.44. The molecular weight excluding hydrogens is 186 g/mol. The number of hydrogen-bond donors (Lipinski definition) is 0. The van der Waals surface area contributed by atoms with Crippen LogP contribution in [0, 0.1) is 5.92 Å². The first kappa shape index (κ1) is 11.0. The first-order chi connectivity index (χ1) is 5.85. The van der Waals surface area contributed by atoms with E-state index in [1.165, 1.54) is 0 Å². The molecule has 0 amide bonds. The maximum absolute atomic E-state index is 11.6. The molecule has 1 unspecified atom stereocenters. The van der Waals surface area contributed by atoms with E-state index in [2.05, 4.69) is 13.8 Å². The Labute approximate surface area is 81.2 Å². The highest BCUT2D eigenvalue weighted by Crippen LogP contribution is 2.30. The Morgan fingerprint density at radius 2 is 1.85 bits per heavy atom. The van der Waals surface area contributed by atoms with Crippen LogP contribution < -0.4 is 0 Å². The second-order valence-electron chi connectivity index (χ2n) is 4.45. The minimum absolute atomic E-state index is 0.273.